The highest BCUT2D eigenvalue weighted by atomic mass is 19.1. The fourth-order valence-electron chi connectivity index (χ4n) is 3.17. The molecule has 1 amide bonds. The molecule has 1 aliphatic heterocycles. The average Bonchev–Trinajstić information content (AvgIpc) is 2.97. The smallest absolute Gasteiger partial charge is 0.234 e. The van der Waals surface area contributed by atoms with Crippen LogP contribution in [0.15, 0.2) is 42.6 Å². The molecule has 122 valence electrons. The lowest BCUT2D eigenvalue weighted by Gasteiger charge is -2.26. The number of fused-ring (bicyclic) bond motifs is 1. The summed E-state index contributed by atoms with van der Waals surface area (Å²) >= 11 is 0. The predicted octanol–water partition coefficient (Wildman–Crippen LogP) is 2.23. The van der Waals surface area contributed by atoms with Crippen molar-refractivity contribution in [3.05, 3.63) is 59.5 Å². The van der Waals surface area contributed by atoms with E-state index in [0.717, 1.165) is 27.7 Å². The highest BCUT2D eigenvalue weighted by Crippen LogP contribution is 2.26. The number of aryl methyl sites for hydroxylation is 1. The lowest BCUT2D eigenvalue weighted by molar-refractivity contribution is -0.122. The number of hydrogen-bond acceptors (Lipinski definition) is 3. The summed E-state index contributed by atoms with van der Waals surface area (Å²) < 4.78 is 14.9. The van der Waals surface area contributed by atoms with Crippen LogP contribution in [0.25, 0.3) is 16.6 Å². The van der Waals surface area contributed by atoms with E-state index < -0.39 is 0 Å². The fraction of sp³-hybridized carbons (Fsp3) is 0.222. The Morgan fingerprint density at radius 1 is 1.25 bits per heavy atom. The molecule has 1 atom stereocenters. The third-order valence-corrected chi connectivity index (χ3v) is 4.37. The van der Waals surface area contributed by atoms with Crippen LogP contribution in [-0.2, 0) is 4.79 Å². The molecule has 2 N–H and O–H groups in total. The van der Waals surface area contributed by atoms with E-state index in [1.54, 1.807) is 23.0 Å². The van der Waals surface area contributed by atoms with Gasteiger partial charge in [-0.15, -0.1) is 0 Å². The van der Waals surface area contributed by atoms with E-state index in [1.165, 1.54) is 12.1 Å². The number of nitrogens with one attached hydrogen (secondary N) is 2. The van der Waals surface area contributed by atoms with Crippen molar-refractivity contribution >= 4 is 16.8 Å². The summed E-state index contributed by atoms with van der Waals surface area (Å²) in [5, 5.41) is 11.6. The Balaban J connectivity index is 1.77. The third-order valence-electron chi connectivity index (χ3n) is 4.37. The van der Waals surface area contributed by atoms with Crippen molar-refractivity contribution in [1.82, 2.24) is 20.4 Å². The molecule has 1 fully saturated rings. The summed E-state index contributed by atoms with van der Waals surface area (Å²) in [4.78, 5) is 11.6. The molecular formula is C18H17FN4O. The summed E-state index contributed by atoms with van der Waals surface area (Å²) in [6.07, 6.45) is 1.79. The lowest BCUT2D eigenvalue weighted by atomic mass is 9.98. The van der Waals surface area contributed by atoms with E-state index >= 15 is 0 Å². The van der Waals surface area contributed by atoms with Crippen LogP contribution >= 0.6 is 0 Å². The number of aromatic nitrogens is 2. The van der Waals surface area contributed by atoms with Crippen LogP contribution < -0.4 is 10.6 Å². The molecule has 6 heteroatoms. The molecule has 0 aliphatic carbocycles. The van der Waals surface area contributed by atoms with E-state index in [1.807, 2.05) is 6.92 Å². The van der Waals surface area contributed by atoms with Crippen molar-refractivity contribution in [3.63, 3.8) is 0 Å². The minimum Gasteiger partial charge on any atom is -0.347 e. The van der Waals surface area contributed by atoms with Gasteiger partial charge in [0.2, 0.25) is 5.91 Å². The van der Waals surface area contributed by atoms with Gasteiger partial charge in [-0.2, -0.15) is 5.10 Å². The molecule has 4 rings (SSSR count). The van der Waals surface area contributed by atoms with Crippen LogP contribution in [0.4, 0.5) is 4.39 Å². The summed E-state index contributed by atoms with van der Waals surface area (Å²) in [6, 6.07) is 10.3. The van der Waals surface area contributed by atoms with E-state index in [-0.39, 0.29) is 17.8 Å². The molecule has 1 aromatic heterocycles. The minimum atomic E-state index is -0.269. The number of nitrogens with zero attached hydrogens (tertiary/aromatic N) is 2. The second kappa shape index (κ2) is 5.72. The van der Waals surface area contributed by atoms with Crippen LogP contribution in [0.5, 0.6) is 0 Å². The SMILES string of the molecule is Cc1cc2c(cnn2-c2ccc(F)cc2)cc1C1CNCC(=O)N1. The Bertz CT molecular complexity index is 917. The van der Waals surface area contributed by atoms with Crippen LogP contribution in [0.1, 0.15) is 17.2 Å². The van der Waals surface area contributed by atoms with Crippen molar-refractivity contribution in [1.29, 1.82) is 0 Å². The maximum atomic E-state index is 13.1. The highest BCUT2D eigenvalue weighted by molar-refractivity contribution is 5.83. The first-order valence-electron chi connectivity index (χ1n) is 7.86. The van der Waals surface area contributed by atoms with Gasteiger partial charge >= 0.3 is 0 Å². The fourth-order valence-corrected chi connectivity index (χ4v) is 3.17. The largest absolute Gasteiger partial charge is 0.347 e. The quantitative estimate of drug-likeness (QED) is 0.760. The van der Waals surface area contributed by atoms with Gasteiger partial charge in [-0.1, -0.05) is 0 Å². The molecular weight excluding hydrogens is 307 g/mol. The molecule has 0 saturated carbocycles. The zero-order valence-corrected chi connectivity index (χ0v) is 13.2. The van der Waals surface area contributed by atoms with Crippen molar-refractivity contribution in [2.75, 3.05) is 13.1 Å². The summed E-state index contributed by atoms with van der Waals surface area (Å²) in [5.74, 6) is -0.262. The predicted molar refractivity (Wildman–Crippen MR) is 89.5 cm³/mol. The lowest BCUT2D eigenvalue weighted by Crippen LogP contribution is -2.47. The summed E-state index contributed by atoms with van der Waals surface area (Å²) in [7, 11) is 0. The average molecular weight is 324 g/mol. The molecule has 2 heterocycles. The zero-order valence-electron chi connectivity index (χ0n) is 13.2. The normalized spacial score (nSPS) is 17.9. The molecule has 24 heavy (non-hydrogen) atoms. The van der Waals surface area contributed by atoms with Gasteiger partial charge in [-0.05, 0) is 54.4 Å². The second-order valence-corrected chi connectivity index (χ2v) is 6.05. The molecule has 0 bridgehead atoms. The first-order valence-corrected chi connectivity index (χ1v) is 7.86. The van der Waals surface area contributed by atoms with Gasteiger partial charge in [0.15, 0.2) is 0 Å². The zero-order chi connectivity index (χ0) is 16.7. The molecule has 2 aromatic carbocycles. The third kappa shape index (κ3) is 2.55. The van der Waals surface area contributed by atoms with Gasteiger partial charge in [-0.3, -0.25) is 4.79 Å². The Morgan fingerprint density at radius 3 is 2.79 bits per heavy atom. The number of carbonyl (C=O) groups is 1. The number of rotatable bonds is 2. The van der Waals surface area contributed by atoms with Crippen molar-refractivity contribution in [3.8, 4) is 5.69 Å². The summed E-state index contributed by atoms with van der Waals surface area (Å²) in [6.45, 7) is 3.10. The number of amides is 1. The monoisotopic (exact) mass is 324 g/mol. The Morgan fingerprint density at radius 2 is 2.04 bits per heavy atom. The van der Waals surface area contributed by atoms with Gasteiger partial charge in [-0.25, -0.2) is 9.07 Å². The Hall–Kier alpha value is -2.73. The van der Waals surface area contributed by atoms with E-state index in [4.69, 9.17) is 0 Å². The molecule has 5 nitrogen and oxygen atoms in total. The van der Waals surface area contributed by atoms with E-state index in [2.05, 4.69) is 27.9 Å². The molecule has 1 aliphatic rings. The first kappa shape index (κ1) is 14.8. The highest BCUT2D eigenvalue weighted by Gasteiger charge is 2.21. The molecule has 1 saturated heterocycles. The van der Waals surface area contributed by atoms with Gasteiger partial charge in [0.1, 0.15) is 5.82 Å². The van der Waals surface area contributed by atoms with Crippen LogP contribution in [0, 0.1) is 12.7 Å². The number of hydrogen-bond donors (Lipinski definition) is 2. The van der Waals surface area contributed by atoms with Crippen molar-refractivity contribution in [2.24, 2.45) is 0 Å². The van der Waals surface area contributed by atoms with Crippen molar-refractivity contribution < 1.29 is 9.18 Å². The Kier molecular flexibility index (Phi) is 3.54. The van der Waals surface area contributed by atoms with E-state index in [9.17, 15) is 9.18 Å². The number of benzene rings is 2. The number of carbonyl (C=O) groups excluding carboxylic acids is 1. The molecule has 0 spiro atoms. The number of halogens is 1. The Labute approximate surface area is 138 Å². The molecule has 0 radical (unpaired) electrons. The van der Waals surface area contributed by atoms with Gasteiger partial charge in [0.25, 0.3) is 0 Å². The van der Waals surface area contributed by atoms with Crippen LogP contribution in [-0.4, -0.2) is 28.8 Å². The standard InChI is InChI=1S/C18H17FN4O/c1-11-6-17-12(7-15(11)16-9-20-10-18(24)22-16)8-21-23(17)14-4-2-13(19)3-5-14/h2-8,16,20H,9-10H2,1H3,(H,22,24). The minimum absolute atomic E-state index is 0.00718. The van der Waals surface area contributed by atoms with Crippen LogP contribution in [0.3, 0.4) is 0 Å². The van der Waals surface area contributed by atoms with E-state index in [0.29, 0.717) is 13.1 Å². The van der Waals surface area contributed by atoms with Gasteiger partial charge in [0.05, 0.1) is 30.0 Å². The maximum Gasteiger partial charge on any atom is 0.234 e. The second-order valence-electron chi connectivity index (χ2n) is 6.05. The maximum absolute atomic E-state index is 13.1. The first-order chi connectivity index (χ1) is 11.6. The topological polar surface area (TPSA) is 59.0 Å². The summed E-state index contributed by atoms with van der Waals surface area (Å²) in [5.41, 5.74) is 3.94. The van der Waals surface area contributed by atoms with Gasteiger partial charge in [0, 0.05) is 11.9 Å². The molecule has 3 aromatic rings. The van der Waals surface area contributed by atoms with Crippen LogP contribution in [0.2, 0.25) is 0 Å². The van der Waals surface area contributed by atoms with Crippen molar-refractivity contribution in [2.45, 2.75) is 13.0 Å². The number of piperazine rings is 1. The molecule has 1 unspecified atom stereocenters. The van der Waals surface area contributed by atoms with Gasteiger partial charge < -0.3 is 10.6 Å².